The van der Waals surface area contributed by atoms with Gasteiger partial charge in [0.2, 0.25) is 0 Å². The molecule has 0 unspecified atom stereocenters. The molecule has 0 saturated carbocycles. The topological polar surface area (TPSA) is 31.4 Å². The molecule has 0 aliphatic carbocycles. The zero-order valence-corrected chi connectivity index (χ0v) is 13.7. The van der Waals surface area contributed by atoms with E-state index in [1.54, 1.807) is 13.2 Å². The zero-order chi connectivity index (χ0) is 16.2. The van der Waals surface area contributed by atoms with Gasteiger partial charge in [-0.15, -0.1) is 11.3 Å². The lowest BCUT2D eigenvalue weighted by Gasteiger charge is -2.06. The van der Waals surface area contributed by atoms with Crippen LogP contribution in [0, 0.1) is 5.82 Å². The maximum atomic E-state index is 13.5. The van der Waals surface area contributed by atoms with Crippen LogP contribution in [0.1, 0.15) is 6.92 Å². The molecule has 0 N–H and O–H groups in total. The molecule has 3 rings (SSSR count). The van der Waals surface area contributed by atoms with Gasteiger partial charge in [0.05, 0.1) is 19.4 Å². The Labute approximate surface area is 138 Å². The van der Waals surface area contributed by atoms with Crippen molar-refractivity contribution >= 4 is 11.3 Å². The summed E-state index contributed by atoms with van der Waals surface area (Å²) < 4.78 is 24.3. The molecule has 1 aromatic heterocycles. The third-order valence-electron chi connectivity index (χ3n) is 3.35. The van der Waals surface area contributed by atoms with Crippen molar-refractivity contribution < 1.29 is 13.9 Å². The Bertz CT molecular complexity index is 799. The lowest BCUT2D eigenvalue weighted by molar-refractivity contribution is 0.340. The Hall–Kier alpha value is -2.40. The van der Waals surface area contributed by atoms with Crippen molar-refractivity contribution in [2.45, 2.75) is 6.92 Å². The smallest absolute Gasteiger partial charge is 0.128 e. The summed E-state index contributed by atoms with van der Waals surface area (Å²) in [4.78, 5) is 4.61. The maximum Gasteiger partial charge on any atom is 0.128 e. The van der Waals surface area contributed by atoms with E-state index < -0.39 is 0 Å². The Morgan fingerprint density at radius 1 is 1.13 bits per heavy atom. The summed E-state index contributed by atoms with van der Waals surface area (Å²) in [6.07, 6.45) is 0. The van der Waals surface area contributed by atoms with Gasteiger partial charge in [0.25, 0.3) is 0 Å². The van der Waals surface area contributed by atoms with Crippen molar-refractivity contribution in [3.05, 3.63) is 53.7 Å². The molecule has 0 aliphatic heterocycles. The largest absolute Gasteiger partial charge is 0.496 e. The number of hydrogen-bond donors (Lipinski definition) is 0. The monoisotopic (exact) mass is 329 g/mol. The van der Waals surface area contributed by atoms with Crippen molar-refractivity contribution in [1.82, 2.24) is 4.98 Å². The molecule has 0 amide bonds. The van der Waals surface area contributed by atoms with Crippen molar-refractivity contribution in [3.63, 3.8) is 0 Å². The van der Waals surface area contributed by atoms with Crippen LogP contribution in [0.2, 0.25) is 0 Å². The molecule has 2 aromatic carbocycles. The second kappa shape index (κ2) is 6.79. The van der Waals surface area contributed by atoms with Crippen LogP contribution in [-0.2, 0) is 0 Å². The second-order valence-electron chi connectivity index (χ2n) is 4.84. The SMILES string of the molecule is CCOc1ccc(-c2nc(-c3cc(F)ccc3OC)cs2)cc1. The lowest BCUT2D eigenvalue weighted by atomic mass is 10.1. The van der Waals surface area contributed by atoms with E-state index in [0.29, 0.717) is 23.6 Å². The van der Waals surface area contributed by atoms with Gasteiger partial charge in [-0.25, -0.2) is 9.37 Å². The Morgan fingerprint density at radius 2 is 1.91 bits per heavy atom. The van der Waals surface area contributed by atoms with E-state index in [4.69, 9.17) is 9.47 Å². The highest BCUT2D eigenvalue weighted by atomic mass is 32.1. The molecule has 0 aliphatic rings. The van der Waals surface area contributed by atoms with Crippen LogP contribution in [-0.4, -0.2) is 18.7 Å². The van der Waals surface area contributed by atoms with Crippen molar-refractivity contribution in [2.75, 3.05) is 13.7 Å². The van der Waals surface area contributed by atoms with E-state index in [1.807, 2.05) is 36.6 Å². The van der Waals surface area contributed by atoms with Crippen LogP contribution in [0.4, 0.5) is 4.39 Å². The number of rotatable bonds is 5. The second-order valence-corrected chi connectivity index (χ2v) is 5.70. The summed E-state index contributed by atoms with van der Waals surface area (Å²) >= 11 is 1.51. The molecule has 118 valence electrons. The molecule has 1 heterocycles. The molecule has 0 bridgehead atoms. The summed E-state index contributed by atoms with van der Waals surface area (Å²) in [6.45, 7) is 2.59. The summed E-state index contributed by atoms with van der Waals surface area (Å²) in [6, 6.07) is 12.2. The quantitative estimate of drug-likeness (QED) is 0.658. The molecule has 23 heavy (non-hydrogen) atoms. The first-order valence-corrected chi connectivity index (χ1v) is 8.12. The highest BCUT2D eigenvalue weighted by molar-refractivity contribution is 7.13. The summed E-state index contributed by atoms with van der Waals surface area (Å²) in [5.74, 6) is 1.13. The molecule has 5 heteroatoms. The van der Waals surface area contributed by atoms with Gasteiger partial charge in [-0.1, -0.05) is 0 Å². The number of ether oxygens (including phenoxy) is 2. The molecule has 0 saturated heterocycles. The van der Waals surface area contributed by atoms with E-state index >= 15 is 0 Å². The van der Waals surface area contributed by atoms with E-state index in [1.165, 1.54) is 23.5 Å². The van der Waals surface area contributed by atoms with Gasteiger partial charge >= 0.3 is 0 Å². The number of methoxy groups -OCH3 is 1. The van der Waals surface area contributed by atoms with Gasteiger partial charge in [-0.05, 0) is 49.4 Å². The van der Waals surface area contributed by atoms with E-state index in [0.717, 1.165) is 16.3 Å². The molecule has 0 atom stereocenters. The standard InChI is InChI=1S/C18H16FNO2S/c1-3-22-14-7-4-12(5-8-14)18-20-16(11-23-18)15-10-13(19)6-9-17(15)21-2/h4-11H,3H2,1-2H3. The van der Waals surface area contributed by atoms with E-state index in [9.17, 15) is 4.39 Å². The van der Waals surface area contributed by atoms with Gasteiger partial charge in [0.1, 0.15) is 22.3 Å². The predicted octanol–water partition coefficient (Wildman–Crippen LogP) is 5.02. The number of aromatic nitrogens is 1. The normalized spacial score (nSPS) is 10.6. The summed E-state index contributed by atoms with van der Waals surface area (Å²) in [5, 5.41) is 2.78. The van der Waals surface area contributed by atoms with Gasteiger partial charge in [0.15, 0.2) is 0 Å². The summed E-state index contributed by atoms with van der Waals surface area (Å²) in [7, 11) is 1.57. The highest BCUT2D eigenvalue weighted by Gasteiger charge is 2.12. The zero-order valence-electron chi connectivity index (χ0n) is 12.9. The van der Waals surface area contributed by atoms with E-state index in [-0.39, 0.29) is 5.82 Å². The predicted molar refractivity (Wildman–Crippen MR) is 90.7 cm³/mol. The minimum absolute atomic E-state index is 0.309. The first-order valence-electron chi connectivity index (χ1n) is 7.24. The van der Waals surface area contributed by atoms with Gasteiger partial charge in [0, 0.05) is 16.5 Å². The van der Waals surface area contributed by atoms with Crippen LogP contribution in [0.3, 0.4) is 0 Å². The van der Waals surface area contributed by atoms with Crippen molar-refractivity contribution in [2.24, 2.45) is 0 Å². The fourth-order valence-corrected chi connectivity index (χ4v) is 3.10. The molecule has 0 spiro atoms. The van der Waals surface area contributed by atoms with Crippen LogP contribution in [0.5, 0.6) is 11.5 Å². The molecule has 0 fully saturated rings. The highest BCUT2D eigenvalue weighted by Crippen LogP contribution is 2.34. The van der Waals surface area contributed by atoms with E-state index in [2.05, 4.69) is 4.98 Å². The number of thiazole rings is 1. The minimum atomic E-state index is -0.309. The van der Waals surface area contributed by atoms with Crippen molar-refractivity contribution in [3.8, 4) is 33.3 Å². The minimum Gasteiger partial charge on any atom is -0.496 e. The molecule has 3 nitrogen and oxygen atoms in total. The lowest BCUT2D eigenvalue weighted by Crippen LogP contribution is -1.91. The van der Waals surface area contributed by atoms with Crippen LogP contribution in [0.25, 0.3) is 21.8 Å². The first kappa shape index (κ1) is 15.5. The molecule has 3 aromatic rings. The average Bonchev–Trinajstić information content (AvgIpc) is 3.06. The summed E-state index contributed by atoms with van der Waals surface area (Å²) in [5.41, 5.74) is 2.36. The molecular weight excluding hydrogens is 313 g/mol. The Morgan fingerprint density at radius 3 is 2.61 bits per heavy atom. The number of benzene rings is 2. The van der Waals surface area contributed by atoms with Crippen molar-refractivity contribution in [1.29, 1.82) is 0 Å². The van der Waals surface area contributed by atoms with Gasteiger partial charge in [-0.3, -0.25) is 0 Å². The average molecular weight is 329 g/mol. The van der Waals surface area contributed by atoms with Gasteiger partial charge in [-0.2, -0.15) is 0 Å². The molecule has 0 radical (unpaired) electrons. The Balaban J connectivity index is 1.93. The Kier molecular flexibility index (Phi) is 4.57. The first-order chi connectivity index (χ1) is 11.2. The van der Waals surface area contributed by atoms with Gasteiger partial charge < -0.3 is 9.47 Å². The fourth-order valence-electron chi connectivity index (χ4n) is 2.27. The van der Waals surface area contributed by atoms with Crippen LogP contribution >= 0.6 is 11.3 Å². The maximum absolute atomic E-state index is 13.5. The van der Waals surface area contributed by atoms with Crippen LogP contribution < -0.4 is 9.47 Å². The molecular formula is C18H16FNO2S. The third kappa shape index (κ3) is 3.35. The number of hydrogen-bond acceptors (Lipinski definition) is 4. The third-order valence-corrected chi connectivity index (χ3v) is 4.25. The van der Waals surface area contributed by atoms with Crippen LogP contribution in [0.15, 0.2) is 47.8 Å². The number of halogens is 1. The fraction of sp³-hybridized carbons (Fsp3) is 0.167. The number of nitrogens with zero attached hydrogens (tertiary/aromatic N) is 1.